The molecule has 144 valence electrons. The fraction of sp³-hybridized carbons (Fsp3) is 0.381. The van der Waals surface area contributed by atoms with Crippen molar-refractivity contribution in [2.45, 2.75) is 50.8 Å². The molecule has 0 spiro atoms. The molecule has 1 heterocycles. The van der Waals surface area contributed by atoms with Gasteiger partial charge in [-0.15, -0.1) is 0 Å². The predicted octanol–water partition coefficient (Wildman–Crippen LogP) is 4.80. The van der Waals surface area contributed by atoms with Crippen LogP contribution in [-0.4, -0.2) is 19.9 Å². The number of nitrogens with one attached hydrogen (secondary N) is 2. The zero-order valence-corrected chi connectivity index (χ0v) is 16.8. The summed E-state index contributed by atoms with van der Waals surface area (Å²) in [4.78, 5) is 4.57. The molecule has 1 aliphatic rings. The van der Waals surface area contributed by atoms with E-state index in [2.05, 4.69) is 21.1 Å². The lowest BCUT2D eigenvalue weighted by Gasteiger charge is -2.13. The molecular formula is C21H27N3O2S. The van der Waals surface area contributed by atoms with Crippen LogP contribution in [0.15, 0.2) is 53.1 Å². The van der Waals surface area contributed by atoms with Crippen LogP contribution in [0.2, 0.25) is 0 Å². The van der Waals surface area contributed by atoms with E-state index in [4.69, 9.17) is 0 Å². The molecule has 1 aromatic heterocycles. The third-order valence-corrected chi connectivity index (χ3v) is 6.32. The van der Waals surface area contributed by atoms with Gasteiger partial charge in [0.25, 0.3) is 10.0 Å². The van der Waals surface area contributed by atoms with E-state index in [9.17, 15) is 8.42 Å². The highest BCUT2D eigenvalue weighted by molar-refractivity contribution is 7.92. The molecule has 2 N–H and O–H groups in total. The molecule has 0 aliphatic heterocycles. The maximum atomic E-state index is 12.5. The van der Waals surface area contributed by atoms with Gasteiger partial charge in [-0.1, -0.05) is 17.7 Å². The summed E-state index contributed by atoms with van der Waals surface area (Å²) in [6, 6.07) is 8.65. The normalized spacial score (nSPS) is 14.5. The van der Waals surface area contributed by atoms with Crippen molar-refractivity contribution in [1.29, 1.82) is 0 Å². The standard InChI is InChI=1S/C21H27N3O2S/c1-16-8-10-20(14-17(16)2)27(25,26)24-19-9-11-21(23-15-19)22-13-12-18-6-4-3-5-7-18/h6,8-11,14-15,24H,3-5,7,12-13H2,1-2H3,(H,22,23). The molecule has 27 heavy (non-hydrogen) atoms. The summed E-state index contributed by atoms with van der Waals surface area (Å²) in [6.45, 7) is 4.70. The molecule has 0 bridgehead atoms. The highest BCUT2D eigenvalue weighted by Crippen LogP contribution is 2.21. The topological polar surface area (TPSA) is 71.1 Å². The quantitative estimate of drug-likeness (QED) is 0.672. The van der Waals surface area contributed by atoms with Crippen molar-refractivity contribution in [3.05, 3.63) is 59.3 Å². The minimum atomic E-state index is -3.61. The Morgan fingerprint density at radius 2 is 1.93 bits per heavy atom. The average molecular weight is 386 g/mol. The van der Waals surface area contributed by atoms with Crippen LogP contribution >= 0.6 is 0 Å². The van der Waals surface area contributed by atoms with Crippen LogP contribution < -0.4 is 10.0 Å². The Morgan fingerprint density at radius 1 is 1.07 bits per heavy atom. The van der Waals surface area contributed by atoms with Gasteiger partial charge in [0, 0.05) is 6.54 Å². The Kier molecular flexibility index (Phi) is 6.16. The molecule has 0 radical (unpaired) electrons. The minimum Gasteiger partial charge on any atom is -0.370 e. The Morgan fingerprint density at radius 3 is 2.59 bits per heavy atom. The SMILES string of the molecule is Cc1ccc(S(=O)(=O)Nc2ccc(NCCC3=CCCCC3)nc2)cc1C. The highest BCUT2D eigenvalue weighted by atomic mass is 32.2. The monoisotopic (exact) mass is 385 g/mol. The Bertz CT molecular complexity index is 919. The van der Waals surface area contributed by atoms with Crippen LogP contribution in [0, 0.1) is 13.8 Å². The van der Waals surface area contributed by atoms with Crippen molar-refractivity contribution < 1.29 is 8.42 Å². The van der Waals surface area contributed by atoms with E-state index < -0.39 is 10.0 Å². The maximum absolute atomic E-state index is 12.5. The van der Waals surface area contributed by atoms with E-state index in [0.717, 1.165) is 29.9 Å². The summed E-state index contributed by atoms with van der Waals surface area (Å²) < 4.78 is 27.7. The first-order valence-corrected chi connectivity index (χ1v) is 10.9. The van der Waals surface area contributed by atoms with Gasteiger partial charge in [-0.3, -0.25) is 4.72 Å². The van der Waals surface area contributed by atoms with Gasteiger partial charge >= 0.3 is 0 Å². The van der Waals surface area contributed by atoms with Gasteiger partial charge in [-0.05, 0) is 81.3 Å². The van der Waals surface area contributed by atoms with E-state index >= 15 is 0 Å². The van der Waals surface area contributed by atoms with Crippen LogP contribution in [0.1, 0.15) is 43.2 Å². The first-order chi connectivity index (χ1) is 12.9. The van der Waals surface area contributed by atoms with E-state index in [0.29, 0.717) is 5.69 Å². The lowest BCUT2D eigenvalue weighted by molar-refractivity contribution is 0.601. The number of anilines is 2. The van der Waals surface area contributed by atoms with Crippen molar-refractivity contribution in [2.24, 2.45) is 0 Å². The smallest absolute Gasteiger partial charge is 0.261 e. The second-order valence-electron chi connectivity index (χ2n) is 7.07. The number of rotatable bonds is 7. The zero-order chi connectivity index (χ0) is 19.3. The van der Waals surface area contributed by atoms with Crippen LogP contribution in [0.3, 0.4) is 0 Å². The van der Waals surface area contributed by atoms with Crippen LogP contribution in [0.4, 0.5) is 11.5 Å². The second-order valence-corrected chi connectivity index (χ2v) is 8.75. The number of hydrogen-bond donors (Lipinski definition) is 2. The molecule has 1 aliphatic carbocycles. The van der Waals surface area contributed by atoms with Gasteiger partial charge in [0.1, 0.15) is 5.82 Å². The van der Waals surface area contributed by atoms with Gasteiger partial charge in [0.15, 0.2) is 0 Å². The molecule has 0 saturated heterocycles. The molecule has 0 amide bonds. The van der Waals surface area contributed by atoms with E-state index in [1.165, 1.54) is 31.3 Å². The van der Waals surface area contributed by atoms with Crippen molar-refractivity contribution in [3.63, 3.8) is 0 Å². The summed E-state index contributed by atoms with van der Waals surface area (Å²) >= 11 is 0. The number of hydrogen-bond acceptors (Lipinski definition) is 4. The predicted molar refractivity (Wildman–Crippen MR) is 111 cm³/mol. The van der Waals surface area contributed by atoms with Crippen molar-refractivity contribution in [2.75, 3.05) is 16.6 Å². The largest absolute Gasteiger partial charge is 0.370 e. The molecule has 2 aromatic rings. The Labute approximate surface area is 162 Å². The fourth-order valence-electron chi connectivity index (χ4n) is 3.14. The summed E-state index contributed by atoms with van der Waals surface area (Å²) in [6.07, 6.45) is 9.92. The molecule has 0 atom stereocenters. The molecule has 3 rings (SSSR count). The summed E-state index contributed by atoms with van der Waals surface area (Å²) in [5.41, 5.74) is 3.99. The molecule has 0 fully saturated rings. The highest BCUT2D eigenvalue weighted by Gasteiger charge is 2.15. The van der Waals surface area contributed by atoms with Gasteiger partial charge in [0.05, 0.1) is 16.8 Å². The van der Waals surface area contributed by atoms with Crippen LogP contribution in [-0.2, 0) is 10.0 Å². The summed E-state index contributed by atoms with van der Waals surface area (Å²) in [7, 11) is -3.61. The van der Waals surface area contributed by atoms with Gasteiger partial charge < -0.3 is 5.32 Å². The van der Waals surface area contributed by atoms with E-state index in [-0.39, 0.29) is 4.90 Å². The van der Waals surface area contributed by atoms with E-state index in [1.54, 1.807) is 30.5 Å². The lowest BCUT2D eigenvalue weighted by atomic mass is 9.97. The maximum Gasteiger partial charge on any atom is 0.261 e. The second kappa shape index (κ2) is 8.57. The number of sulfonamides is 1. The molecule has 0 saturated carbocycles. The molecular weight excluding hydrogens is 358 g/mol. The van der Waals surface area contributed by atoms with Crippen LogP contribution in [0.25, 0.3) is 0 Å². The Hall–Kier alpha value is -2.34. The van der Waals surface area contributed by atoms with Crippen LogP contribution in [0.5, 0.6) is 0 Å². The molecule has 1 aromatic carbocycles. The average Bonchev–Trinajstić information content (AvgIpc) is 2.66. The lowest BCUT2D eigenvalue weighted by Crippen LogP contribution is -2.13. The number of aromatic nitrogens is 1. The zero-order valence-electron chi connectivity index (χ0n) is 16.0. The van der Waals surface area contributed by atoms with Gasteiger partial charge in [-0.25, -0.2) is 13.4 Å². The number of aryl methyl sites for hydroxylation is 2. The fourth-order valence-corrected chi connectivity index (χ4v) is 4.26. The van der Waals surface area contributed by atoms with Gasteiger partial charge in [-0.2, -0.15) is 0 Å². The van der Waals surface area contributed by atoms with Gasteiger partial charge in [0.2, 0.25) is 0 Å². The third kappa shape index (κ3) is 5.32. The number of pyridine rings is 1. The van der Waals surface area contributed by atoms with Crippen molar-refractivity contribution >= 4 is 21.5 Å². The molecule has 5 nitrogen and oxygen atoms in total. The molecule has 6 heteroatoms. The first-order valence-electron chi connectivity index (χ1n) is 9.42. The van der Waals surface area contributed by atoms with Crippen molar-refractivity contribution in [1.82, 2.24) is 4.98 Å². The number of nitrogens with zero attached hydrogens (tertiary/aromatic N) is 1. The summed E-state index contributed by atoms with van der Waals surface area (Å²) in [5, 5.41) is 3.30. The summed E-state index contributed by atoms with van der Waals surface area (Å²) in [5.74, 6) is 0.750. The number of allylic oxidation sites excluding steroid dienone is 1. The van der Waals surface area contributed by atoms with E-state index in [1.807, 2.05) is 19.9 Å². The Balaban J connectivity index is 1.58. The molecule has 0 unspecified atom stereocenters. The van der Waals surface area contributed by atoms with Crippen molar-refractivity contribution in [3.8, 4) is 0 Å². The third-order valence-electron chi connectivity index (χ3n) is 4.94. The first kappa shape index (κ1) is 19.4. The number of benzene rings is 1. The minimum absolute atomic E-state index is 0.258.